The number of benzene rings is 2. The van der Waals surface area contributed by atoms with Crippen molar-refractivity contribution in [1.82, 2.24) is 0 Å². The van der Waals surface area contributed by atoms with Crippen molar-refractivity contribution in [1.29, 1.82) is 0 Å². The number of carbonyl (C=O) groups is 2. The Balaban J connectivity index is 1.95. The number of phenols is 2. The lowest BCUT2D eigenvalue weighted by Crippen LogP contribution is -2.03. The van der Waals surface area contributed by atoms with Crippen LogP contribution in [0.25, 0.3) is 0 Å². The summed E-state index contributed by atoms with van der Waals surface area (Å²) in [5.74, 6) is 0.330. The van der Waals surface area contributed by atoms with Crippen LogP contribution in [0.3, 0.4) is 0 Å². The molecular weight excluding hydrogens is 793 g/mol. The van der Waals surface area contributed by atoms with Crippen LogP contribution in [0.4, 0.5) is 0 Å². The van der Waals surface area contributed by atoms with Gasteiger partial charge < -0.3 is 10.2 Å². The van der Waals surface area contributed by atoms with E-state index in [2.05, 4.69) is 27.7 Å². The average Bonchev–Trinajstić information content (AvgIpc) is 3.28. The van der Waals surface area contributed by atoms with Crippen molar-refractivity contribution in [2.45, 2.75) is 294 Å². The van der Waals surface area contributed by atoms with Crippen molar-refractivity contribution < 1.29 is 19.8 Å². The maximum absolute atomic E-state index is 13.7. The highest BCUT2D eigenvalue weighted by Crippen LogP contribution is 2.39. The molecule has 5 heteroatoms. The number of unbranched alkanes of at least 4 members (excludes halogenated alkanes) is 32. The van der Waals surface area contributed by atoms with Crippen LogP contribution < -0.4 is 0 Å². The molecule has 0 radical (unpaired) electrons. The van der Waals surface area contributed by atoms with E-state index in [1.54, 1.807) is 11.8 Å². The van der Waals surface area contributed by atoms with Gasteiger partial charge in [0.15, 0.2) is 11.6 Å². The van der Waals surface area contributed by atoms with Crippen LogP contribution in [0.15, 0.2) is 34.1 Å². The highest BCUT2D eigenvalue weighted by Gasteiger charge is 2.20. The second kappa shape index (κ2) is 38.9. The molecule has 2 rings (SSSR count). The summed E-state index contributed by atoms with van der Waals surface area (Å²) in [6.07, 6.45) is 47.3. The molecule has 0 aliphatic rings. The van der Waals surface area contributed by atoms with Gasteiger partial charge in [0.25, 0.3) is 0 Å². The Hall–Kier alpha value is -2.27. The number of carbonyl (C=O) groups excluding carboxylic acids is 2. The van der Waals surface area contributed by atoms with E-state index in [9.17, 15) is 19.8 Å². The number of hydrogen-bond acceptors (Lipinski definition) is 5. The zero-order valence-corrected chi connectivity index (χ0v) is 42.5. The summed E-state index contributed by atoms with van der Waals surface area (Å²) in [4.78, 5) is 29.2. The molecule has 2 aromatic carbocycles. The molecule has 0 saturated heterocycles. The van der Waals surface area contributed by atoms with Gasteiger partial charge in [0.2, 0.25) is 0 Å². The van der Waals surface area contributed by atoms with Crippen LogP contribution in [0.5, 0.6) is 11.5 Å². The van der Waals surface area contributed by atoms with Gasteiger partial charge in [-0.2, -0.15) is 0 Å². The monoisotopic (exact) mass is 891 g/mol. The molecule has 0 aromatic heterocycles. The van der Waals surface area contributed by atoms with Gasteiger partial charge in [0.1, 0.15) is 11.5 Å². The Morgan fingerprint density at radius 1 is 0.349 bits per heavy atom. The molecule has 0 amide bonds. The van der Waals surface area contributed by atoms with Gasteiger partial charge >= 0.3 is 0 Å². The van der Waals surface area contributed by atoms with E-state index in [4.69, 9.17) is 0 Å². The lowest BCUT2D eigenvalue weighted by atomic mass is 9.97. The summed E-state index contributed by atoms with van der Waals surface area (Å²) in [6.45, 7) is 8.92. The summed E-state index contributed by atoms with van der Waals surface area (Å²) in [7, 11) is 0. The second-order valence-electron chi connectivity index (χ2n) is 19.2. The normalized spacial score (nSPS) is 11.5. The van der Waals surface area contributed by atoms with Gasteiger partial charge in [0.05, 0.1) is 11.1 Å². The highest BCUT2D eigenvalue weighted by molar-refractivity contribution is 7.99. The fraction of sp³-hybridized carbons (Fsp3) is 0.759. The van der Waals surface area contributed by atoms with Crippen molar-refractivity contribution in [2.75, 3.05) is 0 Å². The number of Topliss-reactive ketones (excluding diaryl/α,β-unsaturated/α-hetero) is 2. The molecule has 63 heavy (non-hydrogen) atoms. The minimum absolute atomic E-state index is 0.0201. The molecule has 0 atom stereocenters. The third-order valence-electron chi connectivity index (χ3n) is 13.3. The third-order valence-corrected chi connectivity index (χ3v) is 14.2. The Morgan fingerprint density at radius 3 is 0.857 bits per heavy atom. The van der Waals surface area contributed by atoms with E-state index in [0.717, 1.165) is 111 Å². The van der Waals surface area contributed by atoms with E-state index in [-0.39, 0.29) is 23.1 Å². The molecule has 0 spiro atoms. The quantitative estimate of drug-likeness (QED) is 0.0512. The Labute approximate surface area is 393 Å². The zero-order valence-electron chi connectivity index (χ0n) is 41.7. The molecule has 0 unspecified atom stereocenters. The van der Waals surface area contributed by atoms with Crippen LogP contribution in [-0.4, -0.2) is 21.8 Å². The molecule has 0 heterocycles. The maximum atomic E-state index is 13.7. The topological polar surface area (TPSA) is 74.6 Å². The van der Waals surface area contributed by atoms with Crippen LogP contribution in [0, 0.1) is 0 Å². The summed E-state index contributed by atoms with van der Waals surface area (Å²) in [6, 6.07) is 7.83. The van der Waals surface area contributed by atoms with Crippen LogP contribution >= 0.6 is 11.8 Å². The predicted molar refractivity (Wildman–Crippen MR) is 275 cm³/mol. The third kappa shape index (κ3) is 27.1. The lowest BCUT2D eigenvalue weighted by molar-refractivity contribution is 0.0967. The number of ketones is 2. The fourth-order valence-electron chi connectivity index (χ4n) is 9.10. The van der Waals surface area contributed by atoms with Crippen molar-refractivity contribution in [3.8, 4) is 11.5 Å². The lowest BCUT2D eigenvalue weighted by Gasteiger charge is -2.15. The zero-order chi connectivity index (χ0) is 45.6. The molecule has 0 fully saturated rings. The first kappa shape index (κ1) is 56.9. The Kier molecular flexibility index (Phi) is 35.2. The number of hydrogen-bond donors (Lipinski definition) is 2. The van der Waals surface area contributed by atoms with E-state index in [1.807, 2.05) is 24.3 Å². The van der Waals surface area contributed by atoms with Gasteiger partial charge in [-0.15, -0.1) is 0 Å². The van der Waals surface area contributed by atoms with Gasteiger partial charge in [-0.25, -0.2) is 0 Å². The Morgan fingerprint density at radius 2 is 0.587 bits per heavy atom. The molecule has 0 bridgehead atoms. The summed E-state index contributed by atoms with van der Waals surface area (Å²) >= 11 is 1.55. The maximum Gasteiger partial charge on any atom is 0.166 e. The number of aryl methyl sites for hydroxylation is 2. The Bertz CT molecular complexity index is 1340. The first-order valence-electron chi connectivity index (χ1n) is 27.3. The highest BCUT2D eigenvalue weighted by atomic mass is 32.2. The number of aromatic hydroxyl groups is 2. The van der Waals surface area contributed by atoms with Crippen molar-refractivity contribution in [2.24, 2.45) is 0 Å². The average molecular weight is 891 g/mol. The predicted octanol–water partition coefficient (Wildman–Crippen LogP) is 19.6. The van der Waals surface area contributed by atoms with E-state index < -0.39 is 0 Å². The molecule has 4 nitrogen and oxygen atoms in total. The number of rotatable bonds is 44. The number of phenolic OH excluding ortho intramolecular Hbond substituents is 2. The minimum atomic E-state index is 0.0201. The molecule has 2 N–H and O–H groups in total. The summed E-state index contributed by atoms with van der Waals surface area (Å²) in [5, 5.41) is 22.8. The van der Waals surface area contributed by atoms with Crippen molar-refractivity contribution >= 4 is 23.3 Å². The van der Waals surface area contributed by atoms with Gasteiger partial charge in [-0.3, -0.25) is 9.59 Å². The fourth-order valence-corrected chi connectivity index (χ4v) is 10.1. The van der Waals surface area contributed by atoms with Gasteiger partial charge in [-0.1, -0.05) is 245 Å². The van der Waals surface area contributed by atoms with Crippen molar-refractivity contribution in [3.05, 3.63) is 46.5 Å². The van der Waals surface area contributed by atoms with E-state index in [0.29, 0.717) is 24.0 Å². The summed E-state index contributed by atoms with van der Waals surface area (Å²) in [5.41, 5.74) is 2.53. The molecule has 0 aliphatic carbocycles. The second-order valence-corrected chi connectivity index (χ2v) is 20.4. The SMILES string of the molecule is CCCCCCCCCCCCCCCCCC(=O)c1cc(Sc2cc(CCCCC)c(O)c(C(=O)CCCCCCCCCCCCCCCCC)c2)cc(CCCCC)c1O. The summed E-state index contributed by atoms with van der Waals surface area (Å²) < 4.78 is 0. The minimum Gasteiger partial charge on any atom is -0.507 e. The first-order chi connectivity index (χ1) is 30.9. The largest absolute Gasteiger partial charge is 0.507 e. The molecule has 360 valence electrons. The van der Waals surface area contributed by atoms with Crippen LogP contribution in [-0.2, 0) is 12.8 Å². The van der Waals surface area contributed by atoms with Gasteiger partial charge in [-0.05, 0) is 73.9 Å². The van der Waals surface area contributed by atoms with Gasteiger partial charge in [0, 0.05) is 22.6 Å². The van der Waals surface area contributed by atoms with Crippen LogP contribution in [0.1, 0.15) is 304 Å². The van der Waals surface area contributed by atoms with E-state index in [1.165, 1.54) is 154 Å². The smallest absolute Gasteiger partial charge is 0.166 e. The van der Waals surface area contributed by atoms with Crippen molar-refractivity contribution in [3.63, 3.8) is 0 Å². The standard InChI is InChI=1S/C58H98O4S/c1-5-9-13-15-17-19-21-23-25-27-29-31-33-35-39-43-55(59)53-47-51(45-49(57(53)61)41-37-11-7-3)63-52-46-50(42-38-12-8-4)58(62)54(48-52)56(60)44-40-36-34-32-30-28-26-24-22-20-18-16-14-10-6-2/h45-48,61-62H,5-44H2,1-4H3. The molecule has 2 aromatic rings. The van der Waals surface area contributed by atoms with E-state index >= 15 is 0 Å². The molecule has 0 saturated carbocycles. The molecular formula is C58H98O4S. The van der Waals surface area contributed by atoms with Crippen LogP contribution in [0.2, 0.25) is 0 Å². The molecule has 0 aliphatic heterocycles. The first-order valence-corrected chi connectivity index (χ1v) is 28.1.